The van der Waals surface area contributed by atoms with E-state index in [4.69, 9.17) is 11.5 Å². The van der Waals surface area contributed by atoms with E-state index in [0.717, 1.165) is 0 Å². The minimum Gasteiger partial charge on any atom is -0.397 e. The first-order valence-electron chi connectivity index (χ1n) is 7.34. The molecule has 2 aromatic heterocycles. The van der Waals surface area contributed by atoms with Gasteiger partial charge in [0.15, 0.2) is 0 Å². The fraction of sp³-hybridized carbons (Fsp3) is 0. The number of aromatic nitrogens is 3. The summed E-state index contributed by atoms with van der Waals surface area (Å²) < 4.78 is 14.3. The average molecular weight is 337 g/mol. The van der Waals surface area contributed by atoms with Crippen LogP contribution in [0.4, 0.5) is 10.1 Å². The van der Waals surface area contributed by atoms with Gasteiger partial charge in [-0.25, -0.2) is 9.18 Å². The van der Waals surface area contributed by atoms with E-state index >= 15 is 0 Å². The highest BCUT2D eigenvalue weighted by molar-refractivity contribution is 6.09. The Morgan fingerprint density at radius 3 is 2.64 bits per heavy atom. The first kappa shape index (κ1) is 14.9. The summed E-state index contributed by atoms with van der Waals surface area (Å²) in [5.41, 5.74) is 13.7. The standard InChI is InChI=1S/C17H12FN5O2/c18-10-3-2-8(7-1-4-11-12(5-7)23-17(25)22-11)15-13(10)14(19)9(6-21-15)16(20)24/h1-6H,(H2,19,21)(H2,20,24)(H2,22,23,25). The van der Waals surface area contributed by atoms with Gasteiger partial charge < -0.3 is 21.4 Å². The van der Waals surface area contributed by atoms with Crippen molar-refractivity contribution in [3.05, 3.63) is 58.4 Å². The number of benzene rings is 2. The SMILES string of the molecule is NC(=O)c1cnc2c(-c3ccc4[nH]c(=O)[nH]c4c3)ccc(F)c2c1N. The quantitative estimate of drug-likeness (QED) is 0.445. The lowest BCUT2D eigenvalue weighted by atomic mass is 9.99. The molecule has 0 aliphatic heterocycles. The molecule has 2 aromatic carbocycles. The summed E-state index contributed by atoms with van der Waals surface area (Å²) in [4.78, 5) is 32.3. The average Bonchev–Trinajstić information content (AvgIpc) is 2.94. The highest BCUT2D eigenvalue weighted by Crippen LogP contribution is 2.34. The number of hydrogen-bond donors (Lipinski definition) is 4. The number of pyridine rings is 1. The first-order valence-corrected chi connectivity index (χ1v) is 7.34. The molecule has 0 unspecified atom stereocenters. The van der Waals surface area contributed by atoms with Crippen molar-refractivity contribution in [1.29, 1.82) is 0 Å². The third kappa shape index (κ3) is 2.23. The number of fused-ring (bicyclic) bond motifs is 2. The third-order valence-electron chi connectivity index (χ3n) is 4.10. The molecule has 0 fully saturated rings. The monoisotopic (exact) mass is 337 g/mol. The zero-order valence-electron chi connectivity index (χ0n) is 12.8. The van der Waals surface area contributed by atoms with Gasteiger partial charge >= 0.3 is 5.69 Å². The summed E-state index contributed by atoms with van der Waals surface area (Å²) >= 11 is 0. The number of primary amides is 1. The number of H-pyrrole nitrogens is 2. The van der Waals surface area contributed by atoms with E-state index in [2.05, 4.69) is 15.0 Å². The molecule has 0 aliphatic rings. The lowest BCUT2D eigenvalue weighted by molar-refractivity contribution is 0.100. The zero-order chi connectivity index (χ0) is 17.7. The van der Waals surface area contributed by atoms with Crippen LogP contribution in [0, 0.1) is 5.82 Å². The number of rotatable bonds is 2. The molecule has 0 bridgehead atoms. The number of halogens is 1. The molecule has 0 spiro atoms. The van der Waals surface area contributed by atoms with Crippen LogP contribution < -0.4 is 17.2 Å². The number of nitrogen functional groups attached to an aromatic ring is 1. The smallest absolute Gasteiger partial charge is 0.323 e. The van der Waals surface area contributed by atoms with E-state index < -0.39 is 11.7 Å². The number of anilines is 1. The van der Waals surface area contributed by atoms with E-state index in [-0.39, 0.29) is 22.3 Å². The van der Waals surface area contributed by atoms with Crippen LogP contribution in [0.5, 0.6) is 0 Å². The zero-order valence-corrected chi connectivity index (χ0v) is 12.8. The normalized spacial score (nSPS) is 11.2. The van der Waals surface area contributed by atoms with Crippen molar-refractivity contribution in [3.63, 3.8) is 0 Å². The van der Waals surface area contributed by atoms with Gasteiger partial charge in [0.1, 0.15) is 5.82 Å². The molecule has 25 heavy (non-hydrogen) atoms. The van der Waals surface area contributed by atoms with Crippen molar-refractivity contribution >= 4 is 33.5 Å². The van der Waals surface area contributed by atoms with Crippen LogP contribution in [0.3, 0.4) is 0 Å². The number of nitrogens with two attached hydrogens (primary N) is 2. The molecule has 8 heteroatoms. The maximum Gasteiger partial charge on any atom is 0.323 e. The Hall–Kier alpha value is -3.68. The van der Waals surface area contributed by atoms with Gasteiger partial charge in [-0.15, -0.1) is 0 Å². The number of imidazole rings is 1. The second-order valence-corrected chi connectivity index (χ2v) is 5.61. The Morgan fingerprint density at radius 1 is 1.12 bits per heavy atom. The molecule has 0 aliphatic carbocycles. The molecule has 4 rings (SSSR count). The molecular weight excluding hydrogens is 325 g/mol. The molecule has 0 radical (unpaired) electrons. The fourth-order valence-corrected chi connectivity index (χ4v) is 2.92. The molecule has 0 atom stereocenters. The van der Waals surface area contributed by atoms with Crippen LogP contribution >= 0.6 is 0 Å². The highest BCUT2D eigenvalue weighted by atomic mass is 19.1. The molecule has 0 saturated heterocycles. The summed E-state index contributed by atoms with van der Waals surface area (Å²) in [7, 11) is 0. The lowest BCUT2D eigenvalue weighted by Gasteiger charge is -2.11. The topological polar surface area (TPSA) is 131 Å². The Kier molecular flexibility index (Phi) is 3.08. The maximum atomic E-state index is 14.3. The predicted octanol–water partition coefficient (Wildman–Crippen LogP) is 1.89. The van der Waals surface area contributed by atoms with Gasteiger partial charge in [0.05, 0.1) is 33.2 Å². The number of hydrogen-bond acceptors (Lipinski definition) is 4. The molecule has 7 nitrogen and oxygen atoms in total. The van der Waals surface area contributed by atoms with Crippen molar-refractivity contribution in [2.75, 3.05) is 5.73 Å². The largest absolute Gasteiger partial charge is 0.397 e. The van der Waals surface area contributed by atoms with Crippen molar-refractivity contribution in [1.82, 2.24) is 15.0 Å². The van der Waals surface area contributed by atoms with E-state index in [9.17, 15) is 14.0 Å². The molecule has 4 aromatic rings. The van der Waals surface area contributed by atoms with Gasteiger partial charge in [0, 0.05) is 11.8 Å². The van der Waals surface area contributed by atoms with Gasteiger partial charge in [0.2, 0.25) is 0 Å². The Labute approximate surface area is 139 Å². The number of carbonyl (C=O) groups excluding carboxylic acids is 1. The van der Waals surface area contributed by atoms with Crippen LogP contribution in [0.15, 0.2) is 41.3 Å². The fourth-order valence-electron chi connectivity index (χ4n) is 2.92. The van der Waals surface area contributed by atoms with Gasteiger partial charge in [0.25, 0.3) is 5.91 Å². The molecule has 6 N–H and O–H groups in total. The second-order valence-electron chi connectivity index (χ2n) is 5.61. The van der Waals surface area contributed by atoms with Crippen molar-refractivity contribution in [3.8, 4) is 11.1 Å². The predicted molar refractivity (Wildman–Crippen MR) is 92.5 cm³/mol. The van der Waals surface area contributed by atoms with Gasteiger partial charge in [-0.3, -0.25) is 9.78 Å². The van der Waals surface area contributed by atoms with E-state index in [1.54, 1.807) is 24.3 Å². The minimum absolute atomic E-state index is 0.0334. The third-order valence-corrected chi connectivity index (χ3v) is 4.10. The van der Waals surface area contributed by atoms with Gasteiger partial charge in [-0.05, 0) is 29.8 Å². The summed E-state index contributed by atoms with van der Waals surface area (Å²) in [6.45, 7) is 0. The number of carbonyl (C=O) groups is 1. The first-order chi connectivity index (χ1) is 12.0. The van der Waals surface area contributed by atoms with Crippen LogP contribution in [0.25, 0.3) is 33.1 Å². The summed E-state index contributed by atoms with van der Waals surface area (Å²) in [6.07, 6.45) is 1.24. The number of aromatic amines is 2. The van der Waals surface area contributed by atoms with Crippen molar-refractivity contribution in [2.24, 2.45) is 5.73 Å². The minimum atomic E-state index is -0.775. The van der Waals surface area contributed by atoms with Crippen molar-refractivity contribution in [2.45, 2.75) is 0 Å². The van der Waals surface area contributed by atoms with Crippen LogP contribution in [-0.4, -0.2) is 20.9 Å². The van der Waals surface area contributed by atoms with E-state index in [1.165, 1.54) is 12.3 Å². The number of nitrogens with one attached hydrogen (secondary N) is 2. The molecule has 0 saturated carbocycles. The molecule has 124 valence electrons. The summed E-state index contributed by atoms with van der Waals surface area (Å²) in [5.74, 6) is -1.37. The lowest BCUT2D eigenvalue weighted by Crippen LogP contribution is -2.14. The van der Waals surface area contributed by atoms with Crippen LogP contribution in [0.1, 0.15) is 10.4 Å². The number of nitrogens with zero attached hydrogens (tertiary/aromatic N) is 1. The second kappa shape index (κ2) is 5.17. The summed E-state index contributed by atoms with van der Waals surface area (Å²) in [6, 6.07) is 8.09. The highest BCUT2D eigenvalue weighted by Gasteiger charge is 2.17. The molecule has 1 amide bonds. The van der Waals surface area contributed by atoms with Crippen LogP contribution in [-0.2, 0) is 0 Å². The van der Waals surface area contributed by atoms with Crippen LogP contribution in [0.2, 0.25) is 0 Å². The Morgan fingerprint density at radius 2 is 1.88 bits per heavy atom. The maximum absolute atomic E-state index is 14.3. The molecule has 2 heterocycles. The van der Waals surface area contributed by atoms with E-state index in [1.807, 2.05) is 0 Å². The summed E-state index contributed by atoms with van der Waals surface area (Å²) in [5, 5.41) is 0.0384. The Bertz CT molecular complexity index is 1230. The van der Waals surface area contributed by atoms with E-state index in [0.29, 0.717) is 27.7 Å². The van der Waals surface area contributed by atoms with Crippen molar-refractivity contribution < 1.29 is 9.18 Å². The Balaban J connectivity index is 2.04. The number of amides is 1. The molecular formula is C17H12FN5O2. The van der Waals surface area contributed by atoms with Gasteiger partial charge in [-0.1, -0.05) is 6.07 Å². The van der Waals surface area contributed by atoms with Gasteiger partial charge in [-0.2, -0.15) is 0 Å².